The van der Waals surface area contributed by atoms with Crippen LogP contribution in [-0.4, -0.2) is 36.0 Å². The summed E-state index contributed by atoms with van der Waals surface area (Å²) in [5.74, 6) is 2.93. The summed E-state index contributed by atoms with van der Waals surface area (Å²) in [6, 6.07) is 0.0501. The summed E-state index contributed by atoms with van der Waals surface area (Å²) in [6.45, 7) is 6.27. The molecule has 0 aliphatic heterocycles. The number of carbonyl (C=O) groups excluding carboxylic acids is 2. The molecule has 4 saturated carbocycles. The Labute approximate surface area is 133 Å². The number of ether oxygens (including phenoxy) is 1. The third-order valence-corrected chi connectivity index (χ3v) is 6.02. The van der Waals surface area contributed by atoms with Crippen LogP contribution in [0.1, 0.15) is 52.9 Å². The lowest BCUT2D eigenvalue weighted by Gasteiger charge is -2.54. The molecule has 0 N–H and O–H groups in total. The largest absolute Gasteiger partial charge is 0.465 e. The van der Waals surface area contributed by atoms with E-state index in [9.17, 15) is 9.59 Å². The van der Waals surface area contributed by atoms with Crippen molar-refractivity contribution in [2.45, 2.75) is 58.9 Å². The molecule has 4 nitrogen and oxygen atoms in total. The molecule has 4 rings (SSSR count). The topological polar surface area (TPSA) is 46.6 Å². The Morgan fingerprint density at radius 2 is 1.59 bits per heavy atom. The number of hydrogen-bond acceptors (Lipinski definition) is 3. The van der Waals surface area contributed by atoms with Crippen LogP contribution >= 0.6 is 0 Å². The number of esters is 1. The van der Waals surface area contributed by atoms with Crippen molar-refractivity contribution in [3.8, 4) is 0 Å². The summed E-state index contributed by atoms with van der Waals surface area (Å²) in [6.07, 6.45) is 6.32. The smallest absolute Gasteiger partial charge is 0.325 e. The molecule has 124 valence electrons. The second kappa shape index (κ2) is 6.21. The molecule has 4 bridgehead atoms. The van der Waals surface area contributed by atoms with E-state index in [1.165, 1.54) is 32.1 Å². The number of rotatable bonds is 5. The van der Waals surface area contributed by atoms with Gasteiger partial charge in [-0.1, -0.05) is 0 Å². The van der Waals surface area contributed by atoms with Gasteiger partial charge in [0.2, 0.25) is 5.91 Å². The van der Waals surface area contributed by atoms with Gasteiger partial charge in [0.05, 0.1) is 6.61 Å². The first kappa shape index (κ1) is 15.8. The molecule has 0 atom stereocenters. The van der Waals surface area contributed by atoms with E-state index < -0.39 is 0 Å². The molecule has 0 unspecified atom stereocenters. The zero-order chi connectivity index (χ0) is 15.9. The highest BCUT2D eigenvalue weighted by atomic mass is 16.5. The molecule has 4 aliphatic rings. The first-order valence-corrected chi connectivity index (χ1v) is 8.95. The molecule has 1 amide bonds. The van der Waals surface area contributed by atoms with Crippen molar-refractivity contribution >= 4 is 11.9 Å². The van der Waals surface area contributed by atoms with Crippen molar-refractivity contribution in [1.82, 2.24) is 4.90 Å². The molecule has 0 aromatic carbocycles. The molecule has 0 radical (unpaired) electrons. The maximum atomic E-state index is 13.1. The molecular weight excluding hydrogens is 278 g/mol. The van der Waals surface area contributed by atoms with E-state index in [0.29, 0.717) is 18.4 Å². The molecule has 0 saturated heterocycles. The minimum atomic E-state index is -0.284. The third-order valence-electron chi connectivity index (χ3n) is 6.02. The maximum Gasteiger partial charge on any atom is 0.325 e. The Balaban J connectivity index is 1.71. The SMILES string of the molecule is CCOC(=O)CN(C(=O)C1C2CC3CC(C2)CC1C3)C(C)C. The molecule has 4 aliphatic carbocycles. The second-order valence-corrected chi connectivity index (χ2v) is 7.82. The molecule has 4 fully saturated rings. The fourth-order valence-electron chi connectivity index (χ4n) is 5.38. The average Bonchev–Trinajstić information content (AvgIpc) is 2.43. The number of carbonyl (C=O) groups is 2. The van der Waals surface area contributed by atoms with Crippen LogP contribution in [-0.2, 0) is 14.3 Å². The van der Waals surface area contributed by atoms with Crippen molar-refractivity contribution in [3.05, 3.63) is 0 Å². The summed E-state index contributed by atoms with van der Waals surface area (Å²) in [5.41, 5.74) is 0. The monoisotopic (exact) mass is 307 g/mol. The van der Waals surface area contributed by atoms with Gasteiger partial charge in [-0.05, 0) is 76.5 Å². The van der Waals surface area contributed by atoms with Crippen LogP contribution in [0.15, 0.2) is 0 Å². The van der Waals surface area contributed by atoms with E-state index in [1.54, 1.807) is 11.8 Å². The fourth-order valence-corrected chi connectivity index (χ4v) is 5.38. The first-order valence-electron chi connectivity index (χ1n) is 8.95. The lowest BCUT2D eigenvalue weighted by molar-refractivity contribution is -0.158. The highest BCUT2D eigenvalue weighted by Gasteiger charge is 2.51. The fraction of sp³-hybridized carbons (Fsp3) is 0.889. The Morgan fingerprint density at radius 1 is 1.05 bits per heavy atom. The highest BCUT2D eigenvalue weighted by Crippen LogP contribution is 2.56. The van der Waals surface area contributed by atoms with Crippen LogP contribution in [0.25, 0.3) is 0 Å². The van der Waals surface area contributed by atoms with E-state index in [2.05, 4.69) is 0 Å². The lowest BCUT2D eigenvalue weighted by Crippen LogP contribution is -2.54. The Bertz CT molecular complexity index is 418. The van der Waals surface area contributed by atoms with Gasteiger partial charge in [-0.2, -0.15) is 0 Å². The van der Waals surface area contributed by atoms with Crippen LogP contribution in [0.4, 0.5) is 0 Å². The molecule has 0 aromatic rings. The van der Waals surface area contributed by atoms with E-state index >= 15 is 0 Å². The number of amides is 1. The quantitative estimate of drug-likeness (QED) is 0.734. The van der Waals surface area contributed by atoms with Crippen LogP contribution in [0.5, 0.6) is 0 Å². The standard InChI is InChI=1S/C18H29NO3/c1-4-22-16(20)10-19(11(2)3)18(21)17-14-6-12-5-13(8-14)9-15(17)7-12/h11-15,17H,4-10H2,1-3H3. The van der Waals surface area contributed by atoms with E-state index in [1.807, 2.05) is 13.8 Å². The van der Waals surface area contributed by atoms with Crippen LogP contribution in [0.2, 0.25) is 0 Å². The molecule has 0 spiro atoms. The van der Waals surface area contributed by atoms with Crippen LogP contribution < -0.4 is 0 Å². The van der Waals surface area contributed by atoms with Crippen LogP contribution in [0.3, 0.4) is 0 Å². The van der Waals surface area contributed by atoms with Crippen molar-refractivity contribution in [2.24, 2.45) is 29.6 Å². The molecule has 0 aromatic heterocycles. The average molecular weight is 307 g/mol. The van der Waals surface area contributed by atoms with E-state index in [4.69, 9.17) is 4.74 Å². The van der Waals surface area contributed by atoms with Gasteiger partial charge < -0.3 is 9.64 Å². The van der Waals surface area contributed by atoms with Crippen molar-refractivity contribution in [1.29, 1.82) is 0 Å². The summed E-state index contributed by atoms with van der Waals surface area (Å²) in [4.78, 5) is 26.7. The van der Waals surface area contributed by atoms with Gasteiger partial charge in [0, 0.05) is 12.0 Å². The lowest BCUT2D eigenvalue weighted by atomic mass is 9.51. The van der Waals surface area contributed by atoms with Gasteiger partial charge in [-0.15, -0.1) is 0 Å². The first-order chi connectivity index (χ1) is 10.5. The number of nitrogens with zero attached hydrogens (tertiary/aromatic N) is 1. The normalized spacial score (nSPS) is 35.7. The minimum absolute atomic E-state index is 0.0501. The summed E-state index contributed by atoms with van der Waals surface area (Å²) in [5, 5.41) is 0. The van der Waals surface area contributed by atoms with Crippen LogP contribution in [0, 0.1) is 29.6 Å². The maximum absolute atomic E-state index is 13.1. The molecule has 22 heavy (non-hydrogen) atoms. The van der Waals surface area contributed by atoms with Crippen molar-refractivity contribution < 1.29 is 14.3 Å². The summed E-state index contributed by atoms with van der Waals surface area (Å²) >= 11 is 0. The van der Waals surface area contributed by atoms with Gasteiger partial charge in [0.25, 0.3) is 0 Å². The van der Waals surface area contributed by atoms with Gasteiger partial charge in [0.15, 0.2) is 0 Å². The predicted molar refractivity (Wildman–Crippen MR) is 84.0 cm³/mol. The van der Waals surface area contributed by atoms with E-state index in [0.717, 1.165) is 11.8 Å². The predicted octanol–water partition coefficient (Wildman–Crippen LogP) is 2.86. The van der Waals surface area contributed by atoms with Gasteiger partial charge in [-0.3, -0.25) is 9.59 Å². The minimum Gasteiger partial charge on any atom is -0.465 e. The zero-order valence-corrected chi connectivity index (χ0v) is 14.1. The van der Waals surface area contributed by atoms with E-state index in [-0.39, 0.29) is 30.4 Å². The highest BCUT2D eigenvalue weighted by molar-refractivity contribution is 5.84. The molecular formula is C18H29NO3. The molecule has 0 heterocycles. The Hall–Kier alpha value is -1.06. The Morgan fingerprint density at radius 3 is 2.05 bits per heavy atom. The zero-order valence-electron chi connectivity index (χ0n) is 14.1. The third kappa shape index (κ3) is 2.89. The molecule has 4 heteroatoms. The van der Waals surface area contributed by atoms with Crippen molar-refractivity contribution in [3.63, 3.8) is 0 Å². The van der Waals surface area contributed by atoms with Gasteiger partial charge in [-0.25, -0.2) is 0 Å². The van der Waals surface area contributed by atoms with Gasteiger partial charge >= 0.3 is 5.97 Å². The summed E-state index contributed by atoms with van der Waals surface area (Å²) < 4.78 is 5.05. The second-order valence-electron chi connectivity index (χ2n) is 7.82. The van der Waals surface area contributed by atoms with Gasteiger partial charge in [0.1, 0.15) is 6.54 Å². The summed E-state index contributed by atoms with van der Waals surface area (Å²) in [7, 11) is 0. The Kier molecular flexibility index (Phi) is 4.47. The van der Waals surface area contributed by atoms with Crippen molar-refractivity contribution in [2.75, 3.05) is 13.2 Å². The number of hydrogen-bond donors (Lipinski definition) is 0.